The number of nitrogens with one attached hydrogen (secondary N) is 1. The third-order valence-corrected chi connectivity index (χ3v) is 4.96. The summed E-state index contributed by atoms with van der Waals surface area (Å²) in [6, 6.07) is 14.3. The van der Waals surface area contributed by atoms with Gasteiger partial charge in [-0.05, 0) is 32.0 Å². The third-order valence-electron chi connectivity index (χ3n) is 4.96. The number of aromatic nitrogens is 3. The summed E-state index contributed by atoms with van der Waals surface area (Å²) in [5.74, 6) is -0.341. The van der Waals surface area contributed by atoms with Crippen molar-refractivity contribution in [2.45, 2.75) is 20.4 Å². The number of H-pyrrole nitrogens is 1. The van der Waals surface area contributed by atoms with Gasteiger partial charge >= 0.3 is 11.7 Å². The molecule has 0 aliphatic carbocycles. The molecule has 2 aromatic carbocycles. The molecule has 0 aliphatic heterocycles. The first-order valence-corrected chi connectivity index (χ1v) is 9.53. The van der Waals surface area contributed by atoms with Gasteiger partial charge in [-0.25, -0.2) is 4.79 Å². The van der Waals surface area contributed by atoms with E-state index in [1.165, 1.54) is 6.21 Å². The highest BCUT2D eigenvalue weighted by molar-refractivity contribution is 6.01. The molecule has 8 heteroatoms. The second-order valence-electron chi connectivity index (χ2n) is 6.74. The number of para-hydroxylation sites is 2. The normalized spacial score (nSPS) is 11.5. The van der Waals surface area contributed by atoms with Crippen molar-refractivity contribution in [2.75, 3.05) is 6.61 Å². The fourth-order valence-electron chi connectivity index (χ4n) is 3.53. The quantitative estimate of drug-likeness (QED) is 0.408. The zero-order valence-electron chi connectivity index (χ0n) is 16.6. The fourth-order valence-corrected chi connectivity index (χ4v) is 3.53. The monoisotopic (exact) mass is 404 g/mol. The minimum atomic E-state index is -0.622. The Bertz CT molecular complexity index is 1410. The smallest absolute Gasteiger partial charge is 0.349 e. The van der Waals surface area contributed by atoms with E-state index in [2.05, 4.69) is 10.1 Å². The number of ether oxygens (including phenoxy) is 1. The first-order valence-electron chi connectivity index (χ1n) is 9.53. The second kappa shape index (κ2) is 7.82. The molecule has 0 saturated carbocycles. The van der Waals surface area contributed by atoms with E-state index in [-0.39, 0.29) is 12.5 Å². The van der Waals surface area contributed by atoms with Crippen molar-refractivity contribution in [1.82, 2.24) is 14.2 Å². The van der Waals surface area contributed by atoms with E-state index < -0.39 is 11.2 Å². The predicted molar refractivity (Wildman–Crippen MR) is 115 cm³/mol. The van der Waals surface area contributed by atoms with Crippen LogP contribution >= 0.6 is 0 Å². The lowest BCUT2D eigenvalue weighted by Gasteiger charge is -2.07. The molecule has 0 bridgehead atoms. The Labute approximate surface area is 171 Å². The Morgan fingerprint density at radius 3 is 2.57 bits per heavy atom. The molecule has 30 heavy (non-hydrogen) atoms. The predicted octanol–water partition coefficient (Wildman–Crippen LogP) is 2.40. The first kappa shape index (κ1) is 19.4. The molecule has 1 N–H and O–H groups in total. The minimum absolute atomic E-state index is 0.0601. The topological polar surface area (TPSA) is 98.4 Å². The lowest BCUT2D eigenvalue weighted by molar-refractivity contribution is -0.143. The van der Waals surface area contributed by atoms with Crippen molar-refractivity contribution < 1.29 is 9.53 Å². The number of esters is 1. The largest absolute Gasteiger partial charge is 0.465 e. The van der Waals surface area contributed by atoms with Crippen LogP contribution in [0.4, 0.5) is 0 Å². The van der Waals surface area contributed by atoms with Gasteiger partial charge < -0.3 is 14.3 Å². The van der Waals surface area contributed by atoms with E-state index in [1.54, 1.807) is 31.2 Å². The van der Waals surface area contributed by atoms with E-state index in [4.69, 9.17) is 4.74 Å². The summed E-state index contributed by atoms with van der Waals surface area (Å²) in [5.41, 5.74) is 1.67. The third kappa shape index (κ3) is 3.32. The van der Waals surface area contributed by atoms with E-state index in [0.29, 0.717) is 23.1 Å². The number of nitrogens with zero attached hydrogens (tertiary/aromatic N) is 3. The summed E-state index contributed by atoms with van der Waals surface area (Å²) in [6.07, 6.45) is 1.48. The maximum Gasteiger partial charge on any atom is 0.349 e. The molecule has 152 valence electrons. The number of fused-ring (bicyclic) bond motifs is 2. The maximum atomic E-state index is 12.7. The number of rotatable bonds is 5. The standard InChI is InChI=1S/C22H20N4O4/c1-3-30-20(27)13-25-14(2)17(15-8-5-7-11-19(15)25)12-23-26-21(28)16-9-4-6-10-18(16)24-22(26)29/h4-12H,3,13H2,1-2H3,(H,24,29). The summed E-state index contributed by atoms with van der Waals surface area (Å²) >= 11 is 0. The molecule has 0 fully saturated rings. The van der Waals surface area contributed by atoms with Crippen LogP contribution < -0.4 is 11.2 Å². The molecule has 2 heterocycles. The summed E-state index contributed by atoms with van der Waals surface area (Å²) in [4.78, 5) is 39.8. The van der Waals surface area contributed by atoms with Crippen LogP contribution in [0.2, 0.25) is 0 Å². The Morgan fingerprint density at radius 2 is 1.80 bits per heavy atom. The molecule has 0 aliphatic rings. The number of hydrogen-bond acceptors (Lipinski definition) is 5. The van der Waals surface area contributed by atoms with E-state index in [9.17, 15) is 14.4 Å². The van der Waals surface area contributed by atoms with Crippen LogP contribution in [0.25, 0.3) is 21.8 Å². The summed E-state index contributed by atoms with van der Waals surface area (Å²) in [7, 11) is 0. The van der Waals surface area contributed by atoms with Gasteiger partial charge in [0, 0.05) is 22.2 Å². The number of carbonyl (C=O) groups excluding carboxylic acids is 1. The van der Waals surface area contributed by atoms with Crippen molar-refractivity contribution in [1.29, 1.82) is 0 Å². The lowest BCUT2D eigenvalue weighted by Crippen LogP contribution is -2.32. The van der Waals surface area contributed by atoms with Gasteiger partial charge in [-0.15, -0.1) is 4.68 Å². The minimum Gasteiger partial charge on any atom is -0.465 e. The molecule has 2 aromatic heterocycles. The maximum absolute atomic E-state index is 12.7. The Morgan fingerprint density at radius 1 is 1.10 bits per heavy atom. The Hall–Kier alpha value is -3.94. The Kier molecular flexibility index (Phi) is 5.05. The van der Waals surface area contributed by atoms with Gasteiger partial charge in [-0.1, -0.05) is 30.3 Å². The summed E-state index contributed by atoms with van der Waals surface area (Å²) < 4.78 is 7.72. The first-order chi connectivity index (χ1) is 14.5. The van der Waals surface area contributed by atoms with Gasteiger partial charge in [0.05, 0.1) is 23.7 Å². The van der Waals surface area contributed by atoms with Gasteiger partial charge in [-0.3, -0.25) is 9.59 Å². The highest BCUT2D eigenvalue weighted by Crippen LogP contribution is 2.24. The van der Waals surface area contributed by atoms with E-state index >= 15 is 0 Å². The van der Waals surface area contributed by atoms with Crippen LogP contribution in [0.3, 0.4) is 0 Å². The van der Waals surface area contributed by atoms with E-state index in [1.807, 2.05) is 35.8 Å². The van der Waals surface area contributed by atoms with Gasteiger partial charge in [0.2, 0.25) is 0 Å². The highest BCUT2D eigenvalue weighted by atomic mass is 16.5. The summed E-state index contributed by atoms with van der Waals surface area (Å²) in [6.45, 7) is 3.98. The lowest BCUT2D eigenvalue weighted by atomic mass is 10.1. The highest BCUT2D eigenvalue weighted by Gasteiger charge is 2.15. The van der Waals surface area contributed by atoms with E-state index in [0.717, 1.165) is 21.3 Å². The zero-order valence-corrected chi connectivity index (χ0v) is 16.6. The van der Waals surface area contributed by atoms with Crippen LogP contribution in [-0.4, -0.2) is 33.0 Å². The molecule has 0 atom stereocenters. The van der Waals surface area contributed by atoms with Crippen LogP contribution in [0, 0.1) is 6.92 Å². The van der Waals surface area contributed by atoms with Gasteiger partial charge in [0.1, 0.15) is 6.54 Å². The zero-order chi connectivity index (χ0) is 21.3. The fraction of sp³-hybridized carbons (Fsp3) is 0.182. The summed E-state index contributed by atoms with van der Waals surface area (Å²) in [5, 5.41) is 5.40. The molecular formula is C22H20N4O4. The molecule has 0 unspecified atom stereocenters. The van der Waals surface area contributed by atoms with Crippen LogP contribution in [0.5, 0.6) is 0 Å². The SMILES string of the molecule is CCOC(=O)Cn1c(C)c(C=Nn2c(=O)[nH]c3ccccc3c2=O)c2ccccc21. The molecule has 4 rings (SSSR count). The average Bonchev–Trinajstić information content (AvgIpc) is 2.99. The number of carbonyl (C=O) groups is 1. The molecular weight excluding hydrogens is 384 g/mol. The molecule has 0 radical (unpaired) electrons. The molecule has 4 aromatic rings. The van der Waals surface area contributed by atoms with Crippen molar-refractivity contribution in [3.63, 3.8) is 0 Å². The van der Waals surface area contributed by atoms with Crippen molar-refractivity contribution in [3.8, 4) is 0 Å². The van der Waals surface area contributed by atoms with Crippen LogP contribution in [-0.2, 0) is 16.1 Å². The van der Waals surface area contributed by atoms with Crippen LogP contribution in [0.15, 0.2) is 63.2 Å². The second-order valence-corrected chi connectivity index (χ2v) is 6.74. The van der Waals surface area contributed by atoms with Crippen LogP contribution in [0.1, 0.15) is 18.2 Å². The van der Waals surface area contributed by atoms with Crippen molar-refractivity contribution in [2.24, 2.45) is 5.10 Å². The number of hydrogen-bond donors (Lipinski definition) is 1. The Balaban J connectivity index is 1.84. The van der Waals surface area contributed by atoms with Gasteiger partial charge in [0.25, 0.3) is 5.56 Å². The van der Waals surface area contributed by atoms with Gasteiger partial charge in [-0.2, -0.15) is 5.10 Å². The average molecular weight is 404 g/mol. The number of aromatic amines is 1. The molecule has 0 spiro atoms. The number of benzene rings is 2. The molecule has 0 saturated heterocycles. The molecule has 0 amide bonds. The van der Waals surface area contributed by atoms with Crippen molar-refractivity contribution in [3.05, 3.63) is 80.6 Å². The van der Waals surface area contributed by atoms with Crippen molar-refractivity contribution >= 4 is 34.0 Å². The van der Waals surface area contributed by atoms with Gasteiger partial charge in [0.15, 0.2) is 0 Å². The molecule has 8 nitrogen and oxygen atoms in total.